The second-order valence-electron chi connectivity index (χ2n) is 7.00. The number of rotatable bonds is 5. The van der Waals surface area contributed by atoms with Crippen molar-refractivity contribution < 1.29 is 9.53 Å². The van der Waals surface area contributed by atoms with E-state index >= 15 is 0 Å². The zero-order valence-corrected chi connectivity index (χ0v) is 15.1. The van der Waals surface area contributed by atoms with Crippen molar-refractivity contribution in [2.24, 2.45) is 5.41 Å². The minimum absolute atomic E-state index is 0.0265. The van der Waals surface area contributed by atoms with Gasteiger partial charge >= 0.3 is 0 Å². The Kier molecular flexibility index (Phi) is 5.87. The quantitative estimate of drug-likeness (QED) is 0.896. The Morgan fingerprint density at radius 3 is 2.74 bits per heavy atom. The number of halogens is 1. The maximum atomic E-state index is 12.5. The predicted molar refractivity (Wildman–Crippen MR) is 91.9 cm³/mol. The van der Waals surface area contributed by atoms with Gasteiger partial charge in [-0.15, -0.1) is 0 Å². The molecule has 1 N–H and O–H groups in total. The molecule has 128 valence electrons. The Morgan fingerprint density at radius 2 is 2.13 bits per heavy atom. The van der Waals surface area contributed by atoms with Gasteiger partial charge < -0.3 is 15.0 Å². The van der Waals surface area contributed by atoms with Crippen LogP contribution in [0.2, 0.25) is 5.02 Å². The fourth-order valence-corrected chi connectivity index (χ4v) is 2.74. The number of hydrogen-bond donors (Lipinski definition) is 1. The van der Waals surface area contributed by atoms with Crippen molar-refractivity contribution in [3.63, 3.8) is 0 Å². The lowest BCUT2D eigenvalue weighted by atomic mass is 9.92. The molecular formula is C17H26ClN3O2. The highest BCUT2D eigenvalue weighted by Crippen LogP contribution is 2.23. The van der Waals surface area contributed by atoms with E-state index < -0.39 is 5.41 Å². The summed E-state index contributed by atoms with van der Waals surface area (Å²) in [5, 5.41) is 3.73. The van der Waals surface area contributed by atoms with E-state index in [1.54, 1.807) is 12.3 Å². The van der Waals surface area contributed by atoms with E-state index in [1.807, 2.05) is 20.8 Å². The molecule has 0 radical (unpaired) electrons. The Labute approximate surface area is 143 Å². The molecule has 2 heterocycles. The second kappa shape index (κ2) is 7.49. The van der Waals surface area contributed by atoms with Crippen LogP contribution in [0, 0.1) is 12.3 Å². The Balaban J connectivity index is 1.88. The number of amides is 1. The van der Waals surface area contributed by atoms with E-state index in [0.29, 0.717) is 10.9 Å². The maximum absolute atomic E-state index is 12.5. The average Bonchev–Trinajstić information content (AvgIpc) is 2.48. The largest absolute Gasteiger partial charge is 0.476 e. The number of hydrogen-bond acceptors (Lipinski definition) is 4. The van der Waals surface area contributed by atoms with Crippen LogP contribution in [0.15, 0.2) is 12.3 Å². The van der Waals surface area contributed by atoms with Gasteiger partial charge in [-0.2, -0.15) is 0 Å². The van der Waals surface area contributed by atoms with Crippen molar-refractivity contribution in [2.45, 2.75) is 39.7 Å². The minimum Gasteiger partial charge on any atom is -0.476 e. The van der Waals surface area contributed by atoms with Crippen LogP contribution in [0.1, 0.15) is 32.3 Å². The summed E-state index contributed by atoms with van der Waals surface area (Å²) < 4.78 is 5.75. The Bertz CT molecular complexity index is 555. The molecule has 1 aliphatic rings. The van der Waals surface area contributed by atoms with Crippen LogP contribution < -0.4 is 10.1 Å². The van der Waals surface area contributed by atoms with Crippen LogP contribution in [0.5, 0.6) is 5.88 Å². The maximum Gasteiger partial charge on any atom is 0.229 e. The molecular weight excluding hydrogens is 314 g/mol. The van der Waals surface area contributed by atoms with Gasteiger partial charge in [0.2, 0.25) is 11.8 Å². The monoisotopic (exact) mass is 339 g/mol. The standard InChI is InChI=1S/C17H26ClN3O2/c1-12-9-13(18)10-19-15(12)23-11-17(2,3)16(22)20-14-5-7-21(4)8-6-14/h9-10,14H,5-8,11H2,1-4H3,(H,20,22). The van der Waals surface area contributed by atoms with Crippen LogP contribution in [-0.2, 0) is 4.79 Å². The summed E-state index contributed by atoms with van der Waals surface area (Å²) in [6.45, 7) is 8.00. The number of nitrogens with zero attached hydrogens (tertiary/aromatic N) is 2. The fourth-order valence-electron chi connectivity index (χ4n) is 2.53. The first-order valence-electron chi connectivity index (χ1n) is 8.02. The average molecular weight is 340 g/mol. The number of nitrogens with one attached hydrogen (secondary N) is 1. The molecule has 5 nitrogen and oxygen atoms in total. The summed E-state index contributed by atoms with van der Waals surface area (Å²) in [6, 6.07) is 2.06. The molecule has 0 unspecified atom stereocenters. The number of aryl methyl sites for hydroxylation is 1. The number of likely N-dealkylation sites (tertiary alicyclic amines) is 1. The van der Waals surface area contributed by atoms with Crippen molar-refractivity contribution in [1.29, 1.82) is 0 Å². The van der Waals surface area contributed by atoms with Gasteiger partial charge in [-0.25, -0.2) is 4.98 Å². The summed E-state index contributed by atoms with van der Waals surface area (Å²) >= 11 is 5.89. The Morgan fingerprint density at radius 1 is 1.48 bits per heavy atom. The molecule has 2 rings (SSSR count). The predicted octanol–water partition coefficient (Wildman–Crippen LogP) is 2.66. The molecule has 1 aromatic rings. The fraction of sp³-hybridized carbons (Fsp3) is 0.647. The lowest BCUT2D eigenvalue weighted by molar-refractivity contribution is -0.131. The zero-order chi connectivity index (χ0) is 17.0. The third kappa shape index (κ3) is 5.08. The zero-order valence-electron chi connectivity index (χ0n) is 14.4. The van der Waals surface area contributed by atoms with Crippen molar-refractivity contribution >= 4 is 17.5 Å². The van der Waals surface area contributed by atoms with Crippen molar-refractivity contribution in [2.75, 3.05) is 26.7 Å². The first-order valence-corrected chi connectivity index (χ1v) is 8.40. The van der Waals surface area contributed by atoms with E-state index in [0.717, 1.165) is 31.5 Å². The molecule has 0 aromatic carbocycles. The highest BCUT2D eigenvalue weighted by Gasteiger charge is 2.31. The smallest absolute Gasteiger partial charge is 0.229 e. The highest BCUT2D eigenvalue weighted by atomic mass is 35.5. The summed E-state index contributed by atoms with van der Waals surface area (Å²) in [5.74, 6) is 0.549. The first kappa shape index (κ1) is 18.0. The van der Waals surface area contributed by atoms with E-state index in [-0.39, 0.29) is 18.6 Å². The number of piperidine rings is 1. The molecule has 0 aliphatic carbocycles. The molecule has 1 aliphatic heterocycles. The van der Waals surface area contributed by atoms with Gasteiger partial charge in [0.05, 0.1) is 10.4 Å². The van der Waals surface area contributed by atoms with Gasteiger partial charge in [0.15, 0.2) is 0 Å². The molecule has 0 bridgehead atoms. The van der Waals surface area contributed by atoms with Gasteiger partial charge in [0.1, 0.15) is 6.61 Å². The molecule has 0 saturated carbocycles. The number of aromatic nitrogens is 1. The number of carbonyl (C=O) groups excluding carboxylic acids is 1. The third-order valence-electron chi connectivity index (χ3n) is 4.24. The van der Waals surface area contributed by atoms with Crippen molar-refractivity contribution in [1.82, 2.24) is 15.2 Å². The number of ether oxygens (including phenoxy) is 1. The van der Waals surface area contributed by atoms with Crippen LogP contribution in [-0.4, -0.2) is 48.6 Å². The van der Waals surface area contributed by atoms with Crippen molar-refractivity contribution in [3.05, 3.63) is 22.8 Å². The van der Waals surface area contributed by atoms with Crippen molar-refractivity contribution in [3.8, 4) is 5.88 Å². The van der Waals surface area contributed by atoms with Crippen LogP contribution in [0.25, 0.3) is 0 Å². The van der Waals surface area contributed by atoms with E-state index in [1.165, 1.54) is 0 Å². The lowest BCUT2D eigenvalue weighted by Gasteiger charge is -2.32. The van der Waals surface area contributed by atoms with E-state index in [9.17, 15) is 4.79 Å². The van der Waals surface area contributed by atoms with Crippen LogP contribution in [0.3, 0.4) is 0 Å². The summed E-state index contributed by atoms with van der Waals surface area (Å²) in [7, 11) is 2.11. The van der Waals surface area contributed by atoms with Gasteiger partial charge in [-0.1, -0.05) is 11.6 Å². The number of pyridine rings is 1. The highest BCUT2D eigenvalue weighted by molar-refractivity contribution is 6.30. The normalized spacial score (nSPS) is 17.1. The molecule has 23 heavy (non-hydrogen) atoms. The molecule has 1 saturated heterocycles. The first-order chi connectivity index (χ1) is 10.8. The van der Waals surface area contributed by atoms with E-state index in [2.05, 4.69) is 22.2 Å². The molecule has 0 spiro atoms. The molecule has 6 heteroatoms. The third-order valence-corrected chi connectivity index (χ3v) is 4.44. The SMILES string of the molecule is Cc1cc(Cl)cnc1OCC(C)(C)C(=O)NC1CCN(C)CC1. The second-order valence-corrected chi connectivity index (χ2v) is 7.44. The molecule has 1 amide bonds. The number of carbonyl (C=O) groups is 1. The van der Waals surface area contributed by atoms with Crippen LogP contribution in [0.4, 0.5) is 0 Å². The topological polar surface area (TPSA) is 54.5 Å². The molecule has 1 fully saturated rings. The van der Waals surface area contributed by atoms with Gasteiger partial charge in [0.25, 0.3) is 0 Å². The summed E-state index contributed by atoms with van der Waals surface area (Å²) in [4.78, 5) is 19.0. The Hall–Kier alpha value is -1.33. The molecule has 1 aromatic heterocycles. The van der Waals surface area contributed by atoms with Gasteiger partial charge in [-0.3, -0.25) is 4.79 Å². The van der Waals surface area contributed by atoms with Gasteiger partial charge in [0, 0.05) is 17.8 Å². The van der Waals surface area contributed by atoms with Gasteiger partial charge in [-0.05, 0) is 59.8 Å². The summed E-state index contributed by atoms with van der Waals surface area (Å²) in [6.07, 6.45) is 3.55. The summed E-state index contributed by atoms with van der Waals surface area (Å²) in [5.41, 5.74) is 0.251. The molecule has 0 atom stereocenters. The minimum atomic E-state index is -0.614. The lowest BCUT2D eigenvalue weighted by Crippen LogP contribution is -2.49. The van der Waals surface area contributed by atoms with Crippen LogP contribution >= 0.6 is 11.6 Å². The van der Waals surface area contributed by atoms with E-state index in [4.69, 9.17) is 16.3 Å².